The summed E-state index contributed by atoms with van der Waals surface area (Å²) in [6.45, 7) is 0. The Kier molecular flexibility index (Phi) is 4.59. The molecule has 0 aromatic carbocycles. The van der Waals surface area contributed by atoms with Gasteiger partial charge < -0.3 is 0 Å². The van der Waals surface area contributed by atoms with Crippen LogP contribution in [0.3, 0.4) is 0 Å². The van der Waals surface area contributed by atoms with Crippen LogP contribution in [0.2, 0.25) is 0 Å². The molecule has 0 heterocycles. The fourth-order valence-electron chi connectivity index (χ4n) is 0.724. The largest absolute Gasteiger partial charge is 0.458 e. The summed E-state index contributed by atoms with van der Waals surface area (Å²) in [6, 6.07) is 0. The van der Waals surface area contributed by atoms with Crippen molar-refractivity contribution in [2.24, 2.45) is 0 Å². The van der Waals surface area contributed by atoms with Gasteiger partial charge in [-0.2, -0.15) is 48.3 Å². The van der Waals surface area contributed by atoms with Crippen LogP contribution in [0.4, 0.5) is 48.3 Å². The summed E-state index contributed by atoms with van der Waals surface area (Å²) in [5, 5.41) is 0. The number of halogens is 12. The molecule has 18 heavy (non-hydrogen) atoms. The second-order valence-corrected chi connectivity index (χ2v) is 3.84. The van der Waals surface area contributed by atoms with Crippen LogP contribution >= 0.6 is 22.6 Å². The van der Waals surface area contributed by atoms with Gasteiger partial charge in [-0.25, -0.2) is 0 Å². The first kappa shape index (κ1) is 17.7. The molecular formula is C6F11I. The van der Waals surface area contributed by atoms with E-state index in [9.17, 15) is 48.3 Å². The lowest BCUT2D eigenvalue weighted by Gasteiger charge is -2.26. The third-order valence-corrected chi connectivity index (χ3v) is 2.57. The maximum atomic E-state index is 12.5. The Balaban J connectivity index is 6.18. The maximum Gasteiger partial charge on any atom is 0.458 e. The molecule has 0 unspecified atom stereocenters. The van der Waals surface area contributed by atoms with Gasteiger partial charge in [0.15, 0.2) is 0 Å². The minimum Gasteiger partial charge on any atom is -0.191 e. The second-order valence-electron chi connectivity index (χ2n) is 2.76. The third-order valence-electron chi connectivity index (χ3n) is 1.42. The van der Waals surface area contributed by atoms with Crippen molar-refractivity contribution in [1.82, 2.24) is 0 Å². The highest BCUT2D eigenvalue weighted by molar-refractivity contribution is 14.1. The van der Waals surface area contributed by atoms with Gasteiger partial charge in [-0.05, 0) is 22.6 Å². The molecule has 0 rings (SSSR count). The normalized spacial score (nSPS) is 16.7. The summed E-state index contributed by atoms with van der Waals surface area (Å²) in [5.41, 5.74) is -3.98. The summed E-state index contributed by atoms with van der Waals surface area (Å²) in [7, 11) is 0. The first-order valence-electron chi connectivity index (χ1n) is 3.52. The van der Waals surface area contributed by atoms with E-state index in [1.54, 1.807) is 0 Å². The molecule has 108 valence electrons. The molecule has 0 aliphatic rings. The van der Waals surface area contributed by atoms with Crippen molar-refractivity contribution < 1.29 is 48.3 Å². The van der Waals surface area contributed by atoms with Gasteiger partial charge >= 0.3 is 24.5 Å². The van der Waals surface area contributed by atoms with Crippen LogP contribution in [0.15, 0.2) is 9.15 Å². The van der Waals surface area contributed by atoms with Gasteiger partial charge in [0.2, 0.25) is 0 Å². The van der Waals surface area contributed by atoms with Crippen LogP contribution in [0.25, 0.3) is 0 Å². The number of alkyl halides is 11. The molecular weight excluding hydrogens is 408 g/mol. The fraction of sp³-hybridized carbons (Fsp3) is 0.667. The molecule has 0 aliphatic carbocycles. The first-order chi connectivity index (χ1) is 7.53. The second kappa shape index (κ2) is 4.67. The third kappa shape index (κ3) is 3.60. The fourth-order valence-corrected chi connectivity index (χ4v) is 1.37. The van der Waals surface area contributed by atoms with Crippen molar-refractivity contribution in [2.45, 2.75) is 24.5 Å². The molecule has 0 aromatic rings. The Morgan fingerprint density at radius 1 is 0.611 bits per heavy atom. The predicted molar refractivity (Wildman–Crippen MR) is 44.2 cm³/mol. The number of rotatable bonds is 1. The van der Waals surface area contributed by atoms with Gasteiger partial charge in [0.25, 0.3) is 0 Å². The maximum absolute atomic E-state index is 12.5. The molecule has 0 amide bonds. The lowest BCUT2D eigenvalue weighted by atomic mass is 10.1. The van der Waals surface area contributed by atoms with E-state index in [-0.39, 0.29) is 22.6 Å². The van der Waals surface area contributed by atoms with Crippen LogP contribution < -0.4 is 0 Å². The zero-order valence-electron chi connectivity index (χ0n) is 7.54. The van der Waals surface area contributed by atoms with Crippen LogP contribution in [-0.4, -0.2) is 24.5 Å². The van der Waals surface area contributed by atoms with Gasteiger partial charge in [0, 0.05) is 0 Å². The minimum absolute atomic E-state index is 0.245. The van der Waals surface area contributed by atoms with Crippen LogP contribution in [-0.2, 0) is 0 Å². The lowest BCUT2D eigenvalue weighted by Crippen LogP contribution is -2.44. The highest BCUT2D eigenvalue weighted by Gasteiger charge is 2.68. The van der Waals surface area contributed by atoms with Gasteiger partial charge in [-0.3, -0.25) is 0 Å². The van der Waals surface area contributed by atoms with Gasteiger partial charge in [0.05, 0.1) is 0 Å². The SMILES string of the molecule is FC(F)(F)/C(I)=C(/C(F)(F)F)C(F)(F)C(F)(F)F. The van der Waals surface area contributed by atoms with Crippen LogP contribution in [0.5, 0.6) is 0 Å². The zero-order chi connectivity index (χ0) is 15.2. The van der Waals surface area contributed by atoms with E-state index < -0.39 is 33.6 Å². The molecule has 0 atom stereocenters. The van der Waals surface area contributed by atoms with E-state index >= 15 is 0 Å². The van der Waals surface area contributed by atoms with E-state index in [0.717, 1.165) is 0 Å². The number of allylic oxidation sites excluding steroid dienone is 2. The van der Waals surface area contributed by atoms with E-state index in [4.69, 9.17) is 0 Å². The molecule has 0 N–H and O–H groups in total. The first-order valence-corrected chi connectivity index (χ1v) is 4.60. The van der Waals surface area contributed by atoms with Crippen molar-refractivity contribution >= 4 is 22.6 Å². The summed E-state index contributed by atoms with van der Waals surface area (Å²) in [6.07, 6.45) is -19.2. The average molecular weight is 408 g/mol. The molecule has 0 spiro atoms. The van der Waals surface area contributed by atoms with Gasteiger partial charge in [-0.1, -0.05) is 0 Å². The van der Waals surface area contributed by atoms with Gasteiger partial charge in [0.1, 0.15) is 9.15 Å². The van der Waals surface area contributed by atoms with E-state index in [1.165, 1.54) is 0 Å². The summed E-state index contributed by atoms with van der Waals surface area (Å²) < 4.78 is 129. The molecule has 0 saturated carbocycles. The Bertz CT molecular complexity index is 340. The minimum atomic E-state index is -6.79. The van der Waals surface area contributed by atoms with Crippen LogP contribution in [0, 0.1) is 0 Å². The Labute approximate surface area is 105 Å². The number of hydrogen-bond acceptors (Lipinski definition) is 0. The molecule has 12 heteroatoms. The van der Waals surface area contributed by atoms with Crippen LogP contribution in [0.1, 0.15) is 0 Å². The average Bonchev–Trinajstić information content (AvgIpc) is 1.95. The molecule has 0 aliphatic heterocycles. The van der Waals surface area contributed by atoms with E-state index in [1.807, 2.05) is 0 Å². The quantitative estimate of drug-likeness (QED) is 0.424. The Morgan fingerprint density at radius 2 is 0.944 bits per heavy atom. The van der Waals surface area contributed by atoms with E-state index in [2.05, 4.69) is 0 Å². The molecule has 0 bridgehead atoms. The highest BCUT2D eigenvalue weighted by Crippen LogP contribution is 2.52. The highest BCUT2D eigenvalue weighted by atomic mass is 127. The smallest absolute Gasteiger partial charge is 0.191 e. The lowest BCUT2D eigenvalue weighted by molar-refractivity contribution is -0.282. The Morgan fingerprint density at radius 3 is 1.11 bits per heavy atom. The molecule has 0 fully saturated rings. The topological polar surface area (TPSA) is 0 Å². The summed E-state index contributed by atoms with van der Waals surface area (Å²) in [5.74, 6) is -6.66. The monoisotopic (exact) mass is 408 g/mol. The van der Waals surface area contributed by atoms with Crippen molar-refractivity contribution in [1.29, 1.82) is 0 Å². The zero-order valence-corrected chi connectivity index (χ0v) is 9.69. The van der Waals surface area contributed by atoms with Crippen molar-refractivity contribution in [3.05, 3.63) is 9.15 Å². The van der Waals surface area contributed by atoms with Crippen molar-refractivity contribution in [3.8, 4) is 0 Å². The molecule has 0 nitrogen and oxygen atoms in total. The van der Waals surface area contributed by atoms with Gasteiger partial charge in [-0.15, -0.1) is 0 Å². The predicted octanol–water partition coefficient (Wildman–Crippen LogP) is 5.00. The van der Waals surface area contributed by atoms with Crippen molar-refractivity contribution in [3.63, 3.8) is 0 Å². The summed E-state index contributed by atoms with van der Waals surface area (Å²) in [4.78, 5) is 0. The Hall–Kier alpha value is -0.300. The van der Waals surface area contributed by atoms with Crippen molar-refractivity contribution in [2.75, 3.05) is 0 Å². The van der Waals surface area contributed by atoms with E-state index in [0.29, 0.717) is 0 Å². The number of hydrogen-bond donors (Lipinski definition) is 0. The molecule has 0 saturated heterocycles. The standard InChI is InChI=1S/C6F11I/c7-3(8,6(15,16)17)1(4(9,10)11)2(18)5(12,13)14/b2-1-. The molecule has 0 radical (unpaired) electrons. The molecule has 0 aromatic heterocycles. The summed E-state index contributed by atoms with van der Waals surface area (Å²) >= 11 is -0.245.